The van der Waals surface area contributed by atoms with Crippen LogP contribution in [0.4, 0.5) is 0 Å². The van der Waals surface area contributed by atoms with Crippen molar-refractivity contribution in [1.29, 1.82) is 0 Å². The standard InChI is InChI=1S/C45H72O17/c1-18-9-12-45(55-17-18)19(2)30-27(62-45)14-26-24-8-7-22-13-23(10-11-43(22,5)25(24)15-29(47)44(26,30)6)58-42-39(61-41-36(53)34(51)32(49)21(4)57-41)37(54)38(28(16-46)59-42)60-40-35(52)33(50)31(48)20(3)56-40/h7,18-21,23-42,46-54H,8-17H2,1-6H3/t18-,19+,20+,21+,23+,24-,25+,26+,27+,28-,29-,30+,31+,32+,33-,34-,35-,36-,37+,38+,39-,40+,41+,42-,43+,44-,45-/m1/s1. The van der Waals surface area contributed by atoms with Gasteiger partial charge in [-0.3, -0.25) is 0 Å². The third-order valence-corrected chi connectivity index (χ3v) is 17.8. The summed E-state index contributed by atoms with van der Waals surface area (Å²) in [7, 11) is 0. The van der Waals surface area contributed by atoms with Crippen LogP contribution in [0.2, 0.25) is 0 Å². The molecule has 5 saturated heterocycles. The molecule has 9 rings (SSSR count). The number of rotatable bonds is 7. The molecule has 0 radical (unpaired) electrons. The summed E-state index contributed by atoms with van der Waals surface area (Å²) in [5, 5.41) is 98.2. The molecule has 9 N–H and O–H groups in total. The summed E-state index contributed by atoms with van der Waals surface area (Å²) in [4.78, 5) is 0. The normalized spacial score (nSPS) is 58.9. The van der Waals surface area contributed by atoms with E-state index >= 15 is 0 Å². The number of hydrogen-bond acceptors (Lipinski definition) is 17. The molecule has 0 aromatic heterocycles. The highest BCUT2D eigenvalue weighted by Gasteiger charge is 2.71. The van der Waals surface area contributed by atoms with Gasteiger partial charge in [0, 0.05) is 23.7 Å². The monoisotopic (exact) mass is 884 g/mol. The summed E-state index contributed by atoms with van der Waals surface area (Å²) in [6.07, 6.45) is -13.9. The SMILES string of the molecule is C[C@@H]1CC[C@@]2(OC1)O[C@H]1C[C@H]3[C@@H]4CC=C5C[C@@H](O[C@@H]6O[C@H](CO)[C@H](O[C@@H]7O[C@@H](C)[C@H](O)[C@@H](O)[C@H]7O)[C@H](O)[C@H]6O[C@@H]6O[C@@H](C)[C@H](O)[C@@H](O)[C@H]6O)CC[C@]5(C)[C@H]4C[C@@H](O)[C@]3(C)[C@H]1[C@@H]2C. The molecule has 0 aromatic rings. The molecule has 0 bridgehead atoms. The second-order valence-electron chi connectivity index (χ2n) is 21.1. The molecule has 354 valence electrons. The summed E-state index contributed by atoms with van der Waals surface area (Å²) in [5.41, 5.74) is 0.753. The third kappa shape index (κ3) is 7.31. The fraction of sp³-hybridized carbons (Fsp3) is 0.956. The maximum atomic E-state index is 12.3. The molecule has 27 atom stereocenters. The first-order chi connectivity index (χ1) is 29.3. The van der Waals surface area contributed by atoms with Crippen LogP contribution in [-0.2, 0) is 37.9 Å². The minimum atomic E-state index is -1.73. The molecule has 17 heteroatoms. The van der Waals surface area contributed by atoms with Crippen LogP contribution in [0.1, 0.15) is 92.9 Å². The van der Waals surface area contributed by atoms with Gasteiger partial charge in [-0.25, -0.2) is 0 Å². The highest BCUT2D eigenvalue weighted by atomic mass is 16.8. The zero-order chi connectivity index (χ0) is 44.4. The van der Waals surface area contributed by atoms with Crippen LogP contribution in [0.5, 0.6) is 0 Å². The predicted octanol–water partition coefficient (Wildman–Crippen LogP) is 0.213. The Labute approximate surface area is 363 Å². The van der Waals surface area contributed by atoms with Gasteiger partial charge >= 0.3 is 0 Å². The summed E-state index contributed by atoms with van der Waals surface area (Å²) >= 11 is 0. The van der Waals surface area contributed by atoms with Crippen molar-refractivity contribution in [1.82, 2.24) is 0 Å². The number of hydrogen-bond donors (Lipinski definition) is 9. The lowest BCUT2D eigenvalue weighted by atomic mass is 9.46. The van der Waals surface area contributed by atoms with Crippen molar-refractivity contribution in [2.24, 2.45) is 46.3 Å². The number of fused-ring (bicyclic) bond motifs is 7. The van der Waals surface area contributed by atoms with Crippen LogP contribution >= 0.6 is 0 Å². The minimum Gasteiger partial charge on any atom is -0.394 e. The van der Waals surface area contributed by atoms with Gasteiger partial charge in [0.15, 0.2) is 24.7 Å². The molecule has 8 fully saturated rings. The third-order valence-electron chi connectivity index (χ3n) is 17.8. The van der Waals surface area contributed by atoms with E-state index in [1.807, 2.05) is 0 Å². The summed E-state index contributed by atoms with van der Waals surface area (Å²) < 4.78 is 49.9. The summed E-state index contributed by atoms with van der Waals surface area (Å²) in [6.45, 7) is 12.1. The molecular formula is C45H72O17. The van der Waals surface area contributed by atoms with Crippen molar-refractivity contribution in [2.45, 2.75) is 209 Å². The lowest BCUT2D eigenvalue weighted by molar-refractivity contribution is -0.388. The molecule has 0 aromatic carbocycles. The molecule has 4 aliphatic carbocycles. The van der Waals surface area contributed by atoms with E-state index in [4.69, 9.17) is 37.9 Å². The molecule has 1 spiro atoms. The van der Waals surface area contributed by atoms with E-state index in [9.17, 15) is 46.0 Å². The van der Waals surface area contributed by atoms with E-state index in [-0.39, 0.29) is 34.7 Å². The number of ether oxygens (including phenoxy) is 8. The highest BCUT2D eigenvalue weighted by molar-refractivity contribution is 5.27. The molecule has 5 heterocycles. The van der Waals surface area contributed by atoms with E-state index in [0.29, 0.717) is 43.6 Å². The van der Waals surface area contributed by atoms with Gasteiger partial charge in [0.1, 0.15) is 61.0 Å². The van der Waals surface area contributed by atoms with Gasteiger partial charge in [0.2, 0.25) is 0 Å². The van der Waals surface area contributed by atoms with Crippen LogP contribution in [0, 0.1) is 46.3 Å². The second-order valence-corrected chi connectivity index (χ2v) is 21.1. The lowest BCUT2D eigenvalue weighted by Gasteiger charge is -2.60. The Balaban J connectivity index is 0.927. The largest absolute Gasteiger partial charge is 0.394 e. The van der Waals surface area contributed by atoms with E-state index in [2.05, 4.69) is 33.8 Å². The second kappa shape index (κ2) is 17.0. The van der Waals surface area contributed by atoms with Crippen molar-refractivity contribution in [2.75, 3.05) is 13.2 Å². The van der Waals surface area contributed by atoms with E-state index < -0.39 is 117 Å². The molecule has 3 saturated carbocycles. The smallest absolute Gasteiger partial charge is 0.187 e. The van der Waals surface area contributed by atoms with Crippen LogP contribution in [0.15, 0.2) is 11.6 Å². The average molecular weight is 885 g/mol. The van der Waals surface area contributed by atoms with Gasteiger partial charge in [-0.15, -0.1) is 0 Å². The van der Waals surface area contributed by atoms with Crippen LogP contribution < -0.4 is 0 Å². The van der Waals surface area contributed by atoms with Crippen LogP contribution in [0.3, 0.4) is 0 Å². The molecule has 17 nitrogen and oxygen atoms in total. The number of aliphatic hydroxyl groups excluding tert-OH is 9. The first-order valence-corrected chi connectivity index (χ1v) is 23.3. The van der Waals surface area contributed by atoms with Crippen molar-refractivity contribution in [3.05, 3.63) is 11.6 Å². The van der Waals surface area contributed by atoms with Gasteiger partial charge in [-0.2, -0.15) is 0 Å². The van der Waals surface area contributed by atoms with Gasteiger partial charge in [-0.1, -0.05) is 39.3 Å². The van der Waals surface area contributed by atoms with Gasteiger partial charge in [0.25, 0.3) is 0 Å². The molecule has 9 aliphatic rings. The maximum Gasteiger partial charge on any atom is 0.187 e. The first-order valence-electron chi connectivity index (χ1n) is 23.3. The fourth-order valence-corrected chi connectivity index (χ4v) is 13.9. The van der Waals surface area contributed by atoms with Crippen LogP contribution in [-0.4, -0.2) is 175 Å². The molecule has 0 unspecified atom stereocenters. The lowest BCUT2D eigenvalue weighted by Crippen LogP contribution is -2.66. The van der Waals surface area contributed by atoms with Crippen molar-refractivity contribution < 1.29 is 83.9 Å². The quantitative estimate of drug-likeness (QED) is 0.155. The summed E-state index contributed by atoms with van der Waals surface area (Å²) in [6, 6.07) is 0. The Bertz CT molecular complexity index is 1630. The number of allylic oxidation sites excluding steroid dienone is 1. The molecule has 62 heavy (non-hydrogen) atoms. The predicted molar refractivity (Wildman–Crippen MR) is 214 cm³/mol. The molecular weight excluding hydrogens is 812 g/mol. The van der Waals surface area contributed by atoms with E-state index in [0.717, 1.165) is 32.1 Å². The molecule has 0 amide bonds. The zero-order valence-electron chi connectivity index (χ0n) is 36.8. The first kappa shape index (κ1) is 46.2. The van der Waals surface area contributed by atoms with Gasteiger partial charge in [0.05, 0.1) is 43.7 Å². The number of aliphatic hydroxyl groups is 9. The Kier molecular flexibility index (Phi) is 12.7. The zero-order valence-corrected chi connectivity index (χ0v) is 36.8. The topological polar surface area (TPSA) is 256 Å². The van der Waals surface area contributed by atoms with Crippen molar-refractivity contribution in [3.8, 4) is 0 Å². The maximum absolute atomic E-state index is 12.3. The Morgan fingerprint density at radius 3 is 1.95 bits per heavy atom. The van der Waals surface area contributed by atoms with Gasteiger partial charge < -0.3 is 83.9 Å². The Morgan fingerprint density at radius 1 is 0.694 bits per heavy atom. The van der Waals surface area contributed by atoms with Crippen molar-refractivity contribution in [3.63, 3.8) is 0 Å². The summed E-state index contributed by atoms with van der Waals surface area (Å²) in [5.74, 6) is 1.29. The highest BCUT2D eigenvalue weighted by Crippen LogP contribution is 2.70. The van der Waals surface area contributed by atoms with Crippen molar-refractivity contribution >= 4 is 0 Å². The Morgan fingerprint density at radius 2 is 1.34 bits per heavy atom. The molecule has 5 aliphatic heterocycles. The average Bonchev–Trinajstić information content (AvgIpc) is 3.70. The fourth-order valence-electron chi connectivity index (χ4n) is 13.9. The van der Waals surface area contributed by atoms with Gasteiger partial charge in [-0.05, 0) is 87.9 Å². The Hall–Kier alpha value is -0.940. The van der Waals surface area contributed by atoms with E-state index in [1.165, 1.54) is 19.4 Å². The minimum absolute atomic E-state index is 0.0536. The van der Waals surface area contributed by atoms with Crippen LogP contribution in [0.25, 0.3) is 0 Å². The van der Waals surface area contributed by atoms with E-state index in [1.54, 1.807) is 0 Å².